The van der Waals surface area contributed by atoms with E-state index in [-0.39, 0.29) is 48.2 Å². The van der Waals surface area contributed by atoms with E-state index in [1.165, 1.54) is 23.6 Å². The molecule has 5 nitrogen and oxygen atoms in total. The highest BCUT2D eigenvalue weighted by molar-refractivity contribution is 8.00. The first-order valence-corrected chi connectivity index (χ1v) is 8.16. The second-order valence-corrected chi connectivity index (χ2v) is 7.63. The zero-order valence-corrected chi connectivity index (χ0v) is 13.9. The van der Waals surface area contributed by atoms with Crippen LogP contribution in [-0.4, -0.2) is 45.8 Å². The van der Waals surface area contributed by atoms with Crippen LogP contribution in [0.2, 0.25) is 0 Å². The molecule has 2 amide bonds. The lowest BCUT2D eigenvalue weighted by molar-refractivity contribution is -0.138. The van der Waals surface area contributed by atoms with Gasteiger partial charge < -0.3 is 0 Å². The zero-order chi connectivity index (χ0) is 16.2. The molecule has 1 aliphatic rings. The van der Waals surface area contributed by atoms with E-state index in [9.17, 15) is 19.2 Å². The van der Waals surface area contributed by atoms with E-state index in [2.05, 4.69) is 0 Å². The van der Waals surface area contributed by atoms with Gasteiger partial charge in [0.2, 0.25) is 11.8 Å². The number of imide groups is 1. The van der Waals surface area contributed by atoms with Crippen LogP contribution in [-0.2, 0) is 19.2 Å². The highest BCUT2D eigenvalue weighted by Gasteiger charge is 2.38. The molecule has 1 aliphatic heterocycles. The number of hydrogen-bond donors (Lipinski definition) is 0. The maximum Gasteiger partial charge on any atom is 0.242 e. The fourth-order valence-corrected chi connectivity index (χ4v) is 3.07. The fourth-order valence-electron chi connectivity index (χ4n) is 1.96. The van der Waals surface area contributed by atoms with Crippen molar-refractivity contribution in [1.82, 2.24) is 4.90 Å². The van der Waals surface area contributed by atoms with Gasteiger partial charge >= 0.3 is 0 Å². The summed E-state index contributed by atoms with van der Waals surface area (Å²) in [6, 6.07) is 0. The molecule has 0 aromatic carbocycles. The van der Waals surface area contributed by atoms with Crippen molar-refractivity contribution in [2.24, 2.45) is 5.41 Å². The topological polar surface area (TPSA) is 71.5 Å². The monoisotopic (exact) mass is 313 g/mol. The summed E-state index contributed by atoms with van der Waals surface area (Å²) in [4.78, 5) is 47.8. The van der Waals surface area contributed by atoms with Crippen molar-refractivity contribution < 1.29 is 19.2 Å². The van der Waals surface area contributed by atoms with Gasteiger partial charge in [0.05, 0.1) is 5.25 Å². The van der Waals surface area contributed by atoms with Crippen LogP contribution in [0.4, 0.5) is 0 Å². The van der Waals surface area contributed by atoms with Crippen LogP contribution in [0.15, 0.2) is 0 Å². The Morgan fingerprint density at radius 2 is 1.86 bits per heavy atom. The molecular formula is C15H23NO4S. The molecule has 1 rings (SSSR count). The number of thioether (sulfide) groups is 1. The average molecular weight is 313 g/mol. The fraction of sp³-hybridized carbons (Fsp3) is 0.733. The van der Waals surface area contributed by atoms with Crippen molar-refractivity contribution in [3.8, 4) is 0 Å². The van der Waals surface area contributed by atoms with Gasteiger partial charge in [-0.15, -0.1) is 11.8 Å². The van der Waals surface area contributed by atoms with Gasteiger partial charge in [-0.1, -0.05) is 20.8 Å². The minimum absolute atomic E-state index is 0.0394. The highest BCUT2D eigenvalue weighted by atomic mass is 32.2. The van der Waals surface area contributed by atoms with E-state index in [4.69, 9.17) is 0 Å². The summed E-state index contributed by atoms with van der Waals surface area (Å²) in [6.45, 7) is 7.22. The normalized spacial score (nSPS) is 19.2. The third kappa shape index (κ3) is 5.26. The Morgan fingerprint density at radius 1 is 1.24 bits per heavy atom. The quantitative estimate of drug-likeness (QED) is 0.671. The molecule has 0 N–H and O–H groups in total. The number of carbonyl (C=O) groups is 4. The largest absolute Gasteiger partial charge is 0.300 e. The molecule has 1 unspecified atom stereocenters. The van der Waals surface area contributed by atoms with Crippen LogP contribution >= 0.6 is 11.8 Å². The summed E-state index contributed by atoms with van der Waals surface area (Å²) < 4.78 is 0. The van der Waals surface area contributed by atoms with Crippen molar-refractivity contribution in [2.45, 2.75) is 52.2 Å². The maximum atomic E-state index is 12.1. The minimum Gasteiger partial charge on any atom is -0.300 e. The number of rotatable bonds is 7. The molecule has 0 radical (unpaired) electrons. The van der Waals surface area contributed by atoms with Gasteiger partial charge in [-0.3, -0.25) is 24.1 Å². The van der Waals surface area contributed by atoms with Crippen LogP contribution in [0, 0.1) is 5.41 Å². The molecule has 0 spiro atoms. The summed E-state index contributed by atoms with van der Waals surface area (Å²) in [6.07, 6.45) is 0.780. The number of hydrogen-bond acceptors (Lipinski definition) is 5. The Bertz CT molecular complexity index is 453. The van der Waals surface area contributed by atoms with E-state index in [1.54, 1.807) is 0 Å². The minimum atomic E-state index is -0.405. The second-order valence-electron chi connectivity index (χ2n) is 6.32. The SMILES string of the molecule is CC(=O)CCN1C(=O)CC(SCCC(=O)C(C)(C)C)C1=O. The second kappa shape index (κ2) is 7.20. The van der Waals surface area contributed by atoms with Gasteiger partial charge in [0.1, 0.15) is 11.6 Å². The van der Waals surface area contributed by atoms with Gasteiger partial charge in [-0.2, -0.15) is 0 Å². The smallest absolute Gasteiger partial charge is 0.242 e. The molecule has 1 saturated heterocycles. The first-order chi connectivity index (χ1) is 9.62. The predicted molar refractivity (Wildman–Crippen MR) is 82.0 cm³/mol. The molecule has 0 saturated carbocycles. The molecule has 0 aromatic heterocycles. The molecule has 21 heavy (non-hydrogen) atoms. The van der Waals surface area contributed by atoms with E-state index in [0.717, 1.165) is 0 Å². The van der Waals surface area contributed by atoms with Crippen LogP contribution in [0.25, 0.3) is 0 Å². The first kappa shape index (κ1) is 17.9. The number of nitrogens with zero attached hydrogens (tertiary/aromatic N) is 1. The molecular weight excluding hydrogens is 290 g/mol. The first-order valence-electron chi connectivity index (χ1n) is 7.11. The summed E-state index contributed by atoms with van der Waals surface area (Å²) >= 11 is 1.36. The molecule has 0 aromatic rings. The third-order valence-corrected chi connectivity index (χ3v) is 4.59. The van der Waals surface area contributed by atoms with Crippen molar-refractivity contribution in [1.29, 1.82) is 0 Å². The number of amides is 2. The zero-order valence-electron chi connectivity index (χ0n) is 13.1. The summed E-state index contributed by atoms with van der Waals surface area (Å²) in [5.74, 6) is 0.207. The lowest BCUT2D eigenvalue weighted by Gasteiger charge is -2.17. The average Bonchev–Trinajstić information content (AvgIpc) is 2.61. The van der Waals surface area contributed by atoms with Gasteiger partial charge in [0.25, 0.3) is 0 Å². The van der Waals surface area contributed by atoms with Gasteiger partial charge in [0.15, 0.2) is 0 Å². The van der Waals surface area contributed by atoms with Gasteiger partial charge in [-0.05, 0) is 6.92 Å². The summed E-state index contributed by atoms with van der Waals surface area (Å²) in [7, 11) is 0. The Morgan fingerprint density at radius 3 is 2.38 bits per heavy atom. The molecule has 0 aliphatic carbocycles. The van der Waals surface area contributed by atoms with E-state index in [0.29, 0.717) is 12.2 Å². The maximum absolute atomic E-state index is 12.1. The highest BCUT2D eigenvalue weighted by Crippen LogP contribution is 2.27. The molecule has 6 heteroatoms. The number of Topliss-reactive ketones (excluding diaryl/α,β-unsaturated/α-hetero) is 2. The van der Waals surface area contributed by atoms with Gasteiger partial charge in [-0.25, -0.2) is 0 Å². The number of ketones is 2. The van der Waals surface area contributed by atoms with E-state index >= 15 is 0 Å². The third-order valence-electron chi connectivity index (χ3n) is 3.37. The Balaban J connectivity index is 2.44. The standard InChI is InChI=1S/C15H23NO4S/c1-10(17)5-7-16-13(19)9-11(14(16)20)21-8-6-12(18)15(2,3)4/h11H,5-9H2,1-4H3. The van der Waals surface area contributed by atoms with E-state index in [1.807, 2.05) is 20.8 Å². The Kier molecular flexibility index (Phi) is 6.13. The predicted octanol–water partition coefficient (Wildman–Crippen LogP) is 1.83. The van der Waals surface area contributed by atoms with Gasteiger partial charge in [0, 0.05) is 37.0 Å². The summed E-state index contributed by atoms with van der Waals surface area (Å²) in [5.41, 5.74) is -0.371. The Hall–Kier alpha value is -1.17. The number of likely N-dealkylation sites (tertiary alicyclic amines) is 1. The lowest BCUT2D eigenvalue weighted by atomic mass is 9.89. The molecule has 118 valence electrons. The Labute approximate surface area is 129 Å². The van der Waals surface area contributed by atoms with E-state index < -0.39 is 5.25 Å². The summed E-state index contributed by atoms with van der Waals surface area (Å²) in [5, 5.41) is -0.405. The van der Waals surface area contributed by atoms with Crippen LogP contribution in [0.1, 0.15) is 47.0 Å². The molecule has 1 fully saturated rings. The number of carbonyl (C=O) groups excluding carboxylic acids is 4. The molecule has 1 atom stereocenters. The van der Waals surface area contributed by atoms with Crippen molar-refractivity contribution in [2.75, 3.05) is 12.3 Å². The van der Waals surface area contributed by atoms with Crippen LogP contribution < -0.4 is 0 Å². The van der Waals surface area contributed by atoms with Crippen molar-refractivity contribution >= 4 is 35.1 Å². The van der Waals surface area contributed by atoms with Crippen molar-refractivity contribution in [3.05, 3.63) is 0 Å². The molecule has 0 bridgehead atoms. The lowest BCUT2D eigenvalue weighted by Crippen LogP contribution is -2.33. The van der Waals surface area contributed by atoms with Crippen molar-refractivity contribution in [3.63, 3.8) is 0 Å². The molecule has 1 heterocycles. The van der Waals surface area contributed by atoms with Crippen LogP contribution in [0.5, 0.6) is 0 Å². The van der Waals surface area contributed by atoms with Crippen LogP contribution in [0.3, 0.4) is 0 Å².